The second kappa shape index (κ2) is 4.63. The zero-order valence-electron chi connectivity index (χ0n) is 9.47. The average Bonchev–Trinajstić information content (AvgIpc) is 2.90. The van der Waals surface area contributed by atoms with Gasteiger partial charge < -0.3 is 9.84 Å². The first-order valence-electron chi connectivity index (χ1n) is 5.89. The van der Waals surface area contributed by atoms with Gasteiger partial charge in [0.2, 0.25) is 11.7 Å². The van der Waals surface area contributed by atoms with E-state index in [9.17, 15) is 0 Å². The van der Waals surface area contributed by atoms with E-state index >= 15 is 0 Å². The molecule has 0 radical (unpaired) electrons. The Hall–Kier alpha value is -1.75. The van der Waals surface area contributed by atoms with E-state index in [4.69, 9.17) is 4.52 Å². The molecule has 88 valence electrons. The van der Waals surface area contributed by atoms with Crippen LogP contribution < -0.4 is 5.32 Å². The summed E-state index contributed by atoms with van der Waals surface area (Å²) in [4.78, 5) is 8.63. The van der Waals surface area contributed by atoms with E-state index in [0.29, 0.717) is 11.7 Å². The van der Waals surface area contributed by atoms with Crippen LogP contribution in [-0.2, 0) is 0 Å². The van der Waals surface area contributed by atoms with Gasteiger partial charge in [-0.3, -0.25) is 4.98 Å². The molecule has 0 aromatic carbocycles. The van der Waals surface area contributed by atoms with Crippen LogP contribution in [0.4, 0.5) is 0 Å². The summed E-state index contributed by atoms with van der Waals surface area (Å²) in [5, 5.41) is 7.32. The number of piperidine rings is 1. The van der Waals surface area contributed by atoms with Crippen molar-refractivity contribution in [3.05, 3.63) is 30.3 Å². The van der Waals surface area contributed by atoms with Crippen molar-refractivity contribution in [3.8, 4) is 11.5 Å². The molecule has 0 saturated carbocycles. The van der Waals surface area contributed by atoms with Gasteiger partial charge in [0.15, 0.2) is 0 Å². The van der Waals surface area contributed by atoms with Crippen molar-refractivity contribution < 1.29 is 4.52 Å². The van der Waals surface area contributed by atoms with Crippen LogP contribution in [-0.4, -0.2) is 28.2 Å². The fourth-order valence-electron chi connectivity index (χ4n) is 2.06. The van der Waals surface area contributed by atoms with Gasteiger partial charge in [-0.25, -0.2) is 0 Å². The van der Waals surface area contributed by atoms with Crippen molar-refractivity contribution in [2.45, 2.75) is 18.8 Å². The van der Waals surface area contributed by atoms with Crippen LogP contribution in [0.25, 0.3) is 11.5 Å². The van der Waals surface area contributed by atoms with Crippen molar-refractivity contribution in [2.24, 2.45) is 0 Å². The summed E-state index contributed by atoms with van der Waals surface area (Å²) >= 11 is 0. The Morgan fingerprint density at radius 3 is 3.12 bits per heavy atom. The number of rotatable bonds is 2. The molecule has 0 aliphatic carbocycles. The lowest BCUT2D eigenvalue weighted by molar-refractivity contribution is 0.322. The normalized spacial score (nSPS) is 20.4. The van der Waals surface area contributed by atoms with E-state index in [1.54, 1.807) is 6.20 Å². The van der Waals surface area contributed by atoms with Crippen molar-refractivity contribution in [1.82, 2.24) is 20.4 Å². The standard InChI is InChI=1S/C12H14N4O/c1-2-7-14-10(5-1)11-15-12(17-16-11)9-4-3-6-13-8-9/h1-2,5,7,9,13H,3-4,6,8H2/t9-/m0/s1. The molecule has 1 atom stereocenters. The molecule has 2 aromatic rings. The van der Waals surface area contributed by atoms with E-state index in [1.807, 2.05) is 18.2 Å². The number of hydrogen-bond acceptors (Lipinski definition) is 5. The molecular formula is C12H14N4O. The summed E-state index contributed by atoms with van der Waals surface area (Å²) in [6.45, 7) is 2.00. The van der Waals surface area contributed by atoms with Crippen molar-refractivity contribution in [3.63, 3.8) is 0 Å². The Morgan fingerprint density at radius 1 is 1.35 bits per heavy atom. The van der Waals surface area contributed by atoms with Crippen LogP contribution in [0.2, 0.25) is 0 Å². The summed E-state index contributed by atoms with van der Waals surface area (Å²) in [6.07, 6.45) is 4.00. The fourth-order valence-corrected chi connectivity index (χ4v) is 2.06. The smallest absolute Gasteiger partial charge is 0.231 e. The molecule has 0 unspecified atom stereocenters. The number of hydrogen-bond donors (Lipinski definition) is 1. The number of aromatic nitrogens is 3. The van der Waals surface area contributed by atoms with E-state index in [2.05, 4.69) is 20.4 Å². The van der Waals surface area contributed by atoms with Crippen molar-refractivity contribution in [1.29, 1.82) is 0 Å². The van der Waals surface area contributed by atoms with Gasteiger partial charge in [-0.1, -0.05) is 11.2 Å². The number of nitrogens with zero attached hydrogens (tertiary/aromatic N) is 3. The van der Waals surface area contributed by atoms with E-state index in [0.717, 1.165) is 37.5 Å². The van der Waals surface area contributed by atoms with Gasteiger partial charge in [-0.15, -0.1) is 0 Å². The second-order valence-electron chi connectivity index (χ2n) is 4.21. The number of nitrogens with one attached hydrogen (secondary N) is 1. The molecular weight excluding hydrogens is 216 g/mol. The third-order valence-corrected chi connectivity index (χ3v) is 2.98. The lowest BCUT2D eigenvalue weighted by Crippen LogP contribution is -2.28. The molecule has 1 fully saturated rings. The average molecular weight is 230 g/mol. The molecule has 5 heteroatoms. The highest BCUT2D eigenvalue weighted by molar-refractivity contribution is 5.47. The molecule has 1 aliphatic rings. The summed E-state index contributed by atoms with van der Waals surface area (Å²) in [5.74, 6) is 1.64. The summed E-state index contributed by atoms with van der Waals surface area (Å²) in [6, 6.07) is 5.67. The van der Waals surface area contributed by atoms with Gasteiger partial charge in [0, 0.05) is 12.7 Å². The SMILES string of the molecule is c1ccc(-c2noc([C@H]3CCCNC3)n2)nc1. The van der Waals surface area contributed by atoms with E-state index in [-0.39, 0.29) is 0 Å². The summed E-state index contributed by atoms with van der Waals surface area (Å²) in [5.41, 5.74) is 0.756. The highest BCUT2D eigenvalue weighted by Crippen LogP contribution is 2.23. The molecule has 2 aromatic heterocycles. The highest BCUT2D eigenvalue weighted by Gasteiger charge is 2.21. The summed E-state index contributed by atoms with van der Waals surface area (Å²) < 4.78 is 5.32. The van der Waals surface area contributed by atoms with Gasteiger partial charge in [0.05, 0.1) is 5.92 Å². The molecule has 0 bridgehead atoms. The van der Waals surface area contributed by atoms with Crippen LogP contribution >= 0.6 is 0 Å². The Bertz CT molecular complexity index is 476. The molecule has 0 spiro atoms. The van der Waals surface area contributed by atoms with E-state index < -0.39 is 0 Å². The predicted octanol–water partition coefficient (Wildman–Crippen LogP) is 1.60. The largest absolute Gasteiger partial charge is 0.339 e. The quantitative estimate of drug-likeness (QED) is 0.849. The first kappa shape index (κ1) is 10.4. The first-order valence-corrected chi connectivity index (χ1v) is 5.89. The molecule has 17 heavy (non-hydrogen) atoms. The predicted molar refractivity (Wildman–Crippen MR) is 62.4 cm³/mol. The maximum atomic E-state index is 5.32. The van der Waals surface area contributed by atoms with Gasteiger partial charge in [-0.05, 0) is 31.5 Å². The molecule has 5 nitrogen and oxygen atoms in total. The first-order chi connectivity index (χ1) is 8.43. The lowest BCUT2D eigenvalue weighted by Gasteiger charge is -2.18. The third-order valence-electron chi connectivity index (χ3n) is 2.98. The molecule has 3 rings (SSSR count). The Balaban J connectivity index is 1.83. The van der Waals surface area contributed by atoms with Gasteiger partial charge in [0.1, 0.15) is 5.69 Å². The minimum absolute atomic E-state index is 0.341. The van der Waals surface area contributed by atoms with Gasteiger partial charge in [0.25, 0.3) is 0 Å². The molecule has 3 heterocycles. The minimum Gasteiger partial charge on any atom is -0.339 e. The van der Waals surface area contributed by atoms with E-state index in [1.165, 1.54) is 0 Å². The Kier molecular flexibility index (Phi) is 2.83. The minimum atomic E-state index is 0.341. The molecule has 0 amide bonds. The van der Waals surface area contributed by atoms with Gasteiger partial charge in [-0.2, -0.15) is 4.98 Å². The third kappa shape index (κ3) is 2.19. The van der Waals surface area contributed by atoms with Crippen LogP contribution in [0.3, 0.4) is 0 Å². The highest BCUT2D eigenvalue weighted by atomic mass is 16.5. The van der Waals surface area contributed by atoms with Crippen LogP contribution in [0, 0.1) is 0 Å². The zero-order chi connectivity index (χ0) is 11.5. The van der Waals surface area contributed by atoms with Crippen molar-refractivity contribution in [2.75, 3.05) is 13.1 Å². The maximum Gasteiger partial charge on any atom is 0.231 e. The molecule has 1 saturated heterocycles. The van der Waals surface area contributed by atoms with Crippen molar-refractivity contribution >= 4 is 0 Å². The van der Waals surface area contributed by atoms with Crippen LogP contribution in [0.5, 0.6) is 0 Å². The van der Waals surface area contributed by atoms with Gasteiger partial charge >= 0.3 is 0 Å². The maximum absolute atomic E-state index is 5.32. The Morgan fingerprint density at radius 2 is 2.35 bits per heavy atom. The van der Waals surface area contributed by atoms with Crippen LogP contribution in [0.1, 0.15) is 24.7 Å². The molecule has 1 aliphatic heterocycles. The monoisotopic (exact) mass is 230 g/mol. The zero-order valence-corrected chi connectivity index (χ0v) is 9.47. The number of pyridine rings is 1. The van der Waals surface area contributed by atoms with Crippen LogP contribution in [0.15, 0.2) is 28.9 Å². The second-order valence-corrected chi connectivity index (χ2v) is 4.21. The summed E-state index contributed by atoms with van der Waals surface area (Å²) in [7, 11) is 0. The topological polar surface area (TPSA) is 63.8 Å². The lowest BCUT2D eigenvalue weighted by atomic mass is 10.00. The Labute approximate surface area is 99.3 Å². The fraction of sp³-hybridized carbons (Fsp3) is 0.417. The molecule has 1 N–H and O–H groups in total.